The van der Waals surface area contributed by atoms with E-state index in [0.717, 1.165) is 25.6 Å². The number of benzene rings is 1. The zero-order valence-electron chi connectivity index (χ0n) is 11.0. The van der Waals surface area contributed by atoms with Gasteiger partial charge in [-0.3, -0.25) is 4.90 Å². The first kappa shape index (κ1) is 13.0. The minimum atomic E-state index is -0.515. The van der Waals surface area contributed by atoms with Gasteiger partial charge in [0.1, 0.15) is 11.6 Å². The third-order valence-electron chi connectivity index (χ3n) is 4.64. The van der Waals surface area contributed by atoms with E-state index in [1.54, 1.807) is 6.07 Å². The molecule has 2 N–H and O–H groups in total. The molecule has 3 atom stereocenters. The summed E-state index contributed by atoms with van der Waals surface area (Å²) in [5.74, 6) is 0.252. The number of fused-ring (bicyclic) bond motifs is 1. The molecule has 104 valence electrons. The van der Waals surface area contributed by atoms with Gasteiger partial charge in [-0.05, 0) is 30.7 Å². The van der Waals surface area contributed by atoms with Gasteiger partial charge in [0.25, 0.3) is 0 Å². The second-order valence-electron chi connectivity index (χ2n) is 5.95. The number of hydrogen-bond acceptors (Lipinski definition) is 2. The Morgan fingerprint density at radius 3 is 2.79 bits per heavy atom. The van der Waals surface area contributed by atoms with E-state index >= 15 is 0 Å². The monoisotopic (exact) mass is 266 g/mol. The lowest BCUT2D eigenvalue weighted by Crippen LogP contribution is -2.38. The van der Waals surface area contributed by atoms with Crippen molar-refractivity contribution in [2.24, 2.45) is 17.6 Å². The second kappa shape index (κ2) is 5.17. The molecular weight excluding hydrogens is 246 g/mol. The molecule has 3 unspecified atom stereocenters. The van der Waals surface area contributed by atoms with Crippen molar-refractivity contribution >= 4 is 0 Å². The first-order valence-corrected chi connectivity index (χ1v) is 7.05. The normalized spacial score (nSPS) is 31.4. The fourth-order valence-corrected chi connectivity index (χ4v) is 3.63. The van der Waals surface area contributed by atoms with Crippen LogP contribution in [0.15, 0.2) is 18.2 Å². The van der Waals surface area contributed by atoms with Gasteiger partial charge >= 0.3 is 0 Å². The van der Waals surface area contributed by atoms with Gasteiger partial charge in [-0.25, -0.2) is 8.78 Å². The molecule has 0 radical (unpaired) electrons. The van der Waals surface area contributed by atoms with Crippen LogP contribution >= 0.6 is 0 Å². The SMILES string of the molecule is NC1CCCC2CN(Cc3ccc(F)cc3F)CC12. The van der Waals surface area contributed by atoms with Crippen LogP contribution in [-0.2, 0) is 6.54 Å². The van der Waals surface area contributed by atoms with Crippen LogP contribution in [0.2, 0.25) is 0 Å². The van der Waals surface area contributed by atoms with Crippen LogP contribution in [0.4, 0.5) is 8.78 Å². The molecule has 2 nitrogen and oxygen atoms in total. The molecule has 1 aliphatic carbocycles. The van der Waals surface area contributed by atoms with Crippen LogP contribution in [0.5, 0.6) is 0 Å². The maximum absolute atomic E-state index is 13.7. The van der Waals surface area contributed by atoms with E-state index in [1.807, 2.05) is 0 Å². The lowest BCUT2D eigenvalue weighted by molar-refractivity contribution is 0.259. The maximum Gasteiger partial charge on any atom is 0.130 e. The van der Waals surface area contributed by atoms with Gasteiger partial charge in [-0.15, -0.1) is 0 Å². The predicted octanol–water partition coefficient (Wildman–Crippen LogP) is 2.52. The van der Waals surface area contributed by atoms with Crippen LogP contribution in [0.25, 0.3) is 0 Å². The molecule has 0 amide bonds. The van der Waals surface area contributed by atoms with E-state index in [9.17, 15) is 8.78 Å². The van der Waals surface area contributed by atoms with Gasteiger partial charge in [-0.2, -0.15) is 0 Å². The summed E-state index contributed by atoms with van der Waals surface area (Å²) in [6, 6.07) is 4.13. The Morgan fingerprint density at radius 1 is 1.21 bits per heavy atom. The second-order valence-corrected chi connectivity index (χ2v) is 5.95. The van der Waals surface area contributed by atoms with Gasteiger partial charge in [0, 0.05) is 37.3 Å². The third kappa shape index (κ3) is 2.65. The molecule has 1 aliphatic heterocycles. The first-order valence-electron chi connectivity index (χ1n) is 7.05. The molecule has 0 aromatic heterocycles. The summed E-state index contributed by atoms with van der Waals surface area (Å²) in [6.07, 6.45) is 3.56. The molecule has 1 saturated heterocycles. The quantitative estimate of drug-likeness (QED) is 0.891. The average molecular weight is 266 g/mol. The summed E-state index contributed by atoms with van der Waals surface area (Å²) in [6.45, 7) is 2.50. The zero-order chi connectivity index (χ0) is 13.4. The van der Waals surface area contributed by atoms with Crippen molar-refractivity contribution in [1.29, 1.82) is 0 Å². The molecule has 0 spiro atoms. The Morgan fingerprint density at radius 2 is 2.05 bits per heavy atom. The third-order valence-corrected chi connectivity index (χ3v) is 4.64. The molecule has 2 aliphatic rings. The number of rotatable bonds is 2. The molecule has 3 rings (SSSR count). The van der Waals surface area contributed by atoms with Crippen molar-refractivity contribution in [2.75, 3.05) is 13.1 Å². The summed E-state index contributed by atoms with van der Waals surface area (Å²) in [4.78, 5) is 2.26. The zero-order valence-corrected chi connectivity index (χ0v) is 11.0. The average Bonchev–Trinajstić information content (AvgIpc) is 2.77. The van der Waals surface area contributed by atoms with Crippen LogP contribution in [0.3, 0.4) is 0 Å². The summed E-state index contributed by atoms with van der Waals surface area (Å²) in [5, 5.41) is 0. The van der Waals surface area contributed by atoms with E-state index in [-0.39, 0.29) is 0 Å². The van der Waals surface area contributed by atoms with Gasteiger partial charge in [0.05, 0.1) is 0 Å². The van der Waals surface area contributed by atoms with Crippen molar-refractivity contribution in [3.8, 4) is 0 Å². The van der Waals surface area contributed by atoms with Crippen molar-refractivity contribution in [3.05, 3.63) is 35.4 Å². The van der Waals surface area contributed by atoms with Crippen molar-refractivity contribution in [1.82, 2.24) is 4.90 Å². The lowest BCUT2D eigenvalue weighted by Gasteiger charge is -2.29. The lowest BCUT2D eigenvalue weighted by atomic mass is 9.78. The van der Waals surface area contributed by atoms with Crippen LogP contribution in [0, 0.1) is 23.5 Å². The number of likely N-dealkylation sites (tertiary alicyclic amines) is 1. The van der Waals surface area contributed by atoms with Gasteiger partial charge in [0.2, 0.25) is 0 Å². The fourth-order valence-electron chi connectivity index (χ4n) is 3.63. The van der Waals surface area contributed by atoms with E-state index in [0.29, 0.717) is 30.0 Å². The van der Waals surface area contributed by atoms with E-state index in [4.69, 9.17) is 5.73 Å². The van der Waals surface area contributed by atoms with E-state index in [2.05, 4.69) is 4.90 Å². The summed E-state index contributed by atoms with van der Waals surface area (Å²) < 4.78 is 26.5. The summed E-state index contributed by atoms with van der Waals surface area (Å²) >= 11 is 0. The highest BCUT2D eigenvalue weighted by Crippen LogP contribution is 2.36. The molecule has 4 heteroatoms. The summed E-state index contributed by atoms with van der Waals surface area (Å²) in [5.41, 5.74) is 6.75. The Bertz CT molecular complexity index is 463. The highest BCUT2D eigenvalue weighted by Gasteiger charge is 2.38. The maximum atomic E-state index is 13.7. The van der Waals surface area contributed by atoms with Gasteiger partial charge in [0.15, 0.2) is 0 Å². The number of nitrogens with two attached hydrogens (primary N) is 1. The molecular formula is C15H20F2N2. The van der Waals surface area contributed by atoms with Crippen LogP contribution < -0.4 is 5.73 Å². The minimum Gasteiger partial charge on any atom is -0.327 e. The van der Waals surface area contributed by atoms with Gasteiger partial charge < -0.3 is 5.73 Å². The van der Waals surface area contributed by atoms with E-state index < -0.39 is 11.6 Å². The van der Waals surface area contributed by atoms with Crippen molar-refractivity contribution in [3.63, 3.8) is 0 Å². The predicted molar refractivity (Wildman–Crippen MR) is 70.4 cm³/mol. The summed E-state index contributed by atoms with van der Waals surface area (Å²) in [7, 11) is 0. The molecule has 0 bridgehead atoms. The first-order chi connectivity index (χ1) is 9.13. The smallest absolute Gasteiger partial charge is 0.130 e. The molecule has 19 heavy (non-hydrogen) atoms. The highest BCUT2D eigenvalue weighted by molar-refractivity contribution is 5.18. The highest BCUT2D eigenvalue weighted by atomic mass is 19.1. The molecule has 2 fully saturated rings. The van der Waals surface area contributed by atoms with Gasteiger partial charge in [-0.1, -0.05) is 12.5 Å². The van der Waals surface area contributed by atoms with Crippen LogP contribution in [0.1, 0.15) is 24.8 Å². The molecule has 1 saturated carbocycles. The Labute approximate surface area is 112 Å². The Hall–Kier alpha value is -1.00. The largest absolute Gasteiger partial charge is 0.327 e. The molecule has 1 heterocycles. The molecule has 1 aromatic rings. The van der Waals surface area contributed by atoms with E-state index in [1.165, 1.54) is 18.9 Å². The van der Waals surface area contributed by atoms with Crippen molar-refractivity contribution in [2.45, 2.75) is 31.8 Å². The Kier molecular flexibility index (Phi) is 3.54. The van der Waals surface area contributed by atoms with Crippen molar-refractivity contribution < 1.29 is 8.78 Å². The number of halogens is 2. The number of nitrogens with zero attached hydrogens (tertiary/aromatic N) is 1. The number of hydrogen-bond donors (Lipinski definition) is 1. The fraction of sp³-hybridized carbons (Fsp3) is 0.600. The minimum absolute atomic E-state index is 0.293. The topological polar surface area (TPSA) is 29.3 Å². The molecule has 1 aromatic carbocycles. The Balaban J connectivity index is 1.68. The van der Waals surface area contributed by atoms with Crippen LogP contribution in [-0.4, -0.2) is 24.0 Å². The standard InChI is InChI=1S/C15H20F2N2/c16-12-5-4-11(14(17)6-12)8-19-7-10-2-1-3-15(18)13(10)9-19/h4-6,10,13,15H,1-3,7-9,18H2.